The van der Waals surface area contributed by atoms with Gasteiger partial charge in [-0.15, -0.1) is 0 Å². The van der Waals surface area contributed by atoms with Gasteiger partial charge in [-0.25, -0.2) is 0 Å². The molecule has 1 aromatic rings. The van der Waals surface area contributed by atoms with E-state index in [9.17, 15) is 9.90 Å². The van der Waals surface area contributed by atoms with Gasteiger partial charge in [-0.05, 0) is 18.9 Å². The summed E-state index contributed by atoms with van der Waals surface area (Å²) in [6.07, 6.45) is 1.64. The number of fused-ring (bicyclic) bond motifs is 1. The molecule has 2 rings (SSSR count). The van der Waals surface area contributed by atoms with Crippen molar-refractivity contribution in [2.24, 2.45) is 0 Å². The smallest absolute Gasteiger partial charge is 0.226 e. The summed E-state index contributed by atoms with van der Waals surface area (Å²) >= 11 is 0. The number of anilines is 1. The maximum Gasteiger partial charge on any atom is 0.226 e. The van der Waals surface area contributed by atoms with E-state index in [1.165, 1.54) is 0 Å². The lowest BCUT2D eigenvalue weighted by molar-refractivity contribution is -0.118. The highest BCUT2D eigenvalue weighted by Crippen LogP contribution is 2.33. The summed E-state index contributed by atoms with van der Waals surface area (Å²) in [4.78, 5) is 13.7. The van der Waals surface area contributed by atoms with Crippen molar-refractivity contribution in [2.75, 3.05) is 11.4 Å². The second-order valence-corrected chi connectivity index (χ2v) is 4.16. The van der Waals surface area contributed by atoms with Gasteiger partial charge in [0.25, 0.3) is 0 Å². The highest BCUT2D eigenvalue weighted by molar-refractivity contribution is 5.94. The molecule has 1 aliphatic heterocycles. The monoisotopic (exact) mass is 219 g/mol. The zero-order chi connectivity index (χ0) is 11.5. The van der Waals surface area contributed by atoms with E-state index in [1.807, 2.05) is 31.2 Å². The number of carbonyl (C=O) groups is 1. The molecular weight excluding hydrogens is 202 g/mol. The Morgan fingerprint density at radius 3 is 3.00 bits per heavy atom. The second kappa shape index (κ2) is 4.66. The zero-order valence-electron chi connectivity index (χ0n) is 9.52. The fraction of sp³-hybridized carbons (Fsp3) is 0.462. The van der Waals surface area contributed by atoms with Gasteiger partial charge in [0.1, 0.15) is 0 Å². The molecule has 0 aromatic heterocycles. The van der Waals surface area contributed by atoms with Crippen LogP contribution < -0.4 is 4.90 Å². The van der Waals surface area contributed by atoms with Crippen molar-refractivity contribution in [2.45, 2.75) is 32.3 Å². The number of hydrogen-bond donors (Lipinski definition) is 1. The van der Waals surface area contributed by atoms with Crippen LogP contribution in [0.2, 0.25) is 0 Å². The summed E-state index contributed by atoms with van der Waals surface area (Å²) in [7, 11) is 0. The molecule has 1 atom stereocenters. The van der Waals surface area contributed by atoms with Crippen molar-refractivity contribution >= 4 is 11.6 Å². The summed E-state index contributed by atoms with van der Waals surface area (Å²) < 4.78 is 0. The number of para-hydroxylation sites is 1. The summed E-state index contributed by atoms with van der Waals surface area (Å²) in [5, 5.41) is 9.85. The summed E-state index contributed by atoms with van der Waals surface area (Å²) in [6.45, 7) is 2.62. The van der Waals surface area contributed by atoms with Gasteiger partial charge >= 0.3 is 0 Å². The largest absolute Gasteiger partial charge is 0.388 e. The van der Waals surface area contributed by atoms with Crippen molar-refractivity contribution < 1.29 is 9.90 Å². The molecule has 0 saturated carbocycles. The minimum atomic E-state index is -0.429. The van der Waals surface area contributed by atoms with Crippen LogP contribution >= 0.6 is 0 Å². The number of nitrogens with zero attached hydrogens (tertiary/aromatic N) is 1. The minimum Gasteiger partial charge on any atom is -0.388 e. The SMILES string of the molecule is CCCC(=O)N1CCC(O)c2ccccc21. The predicted molar refractivity (Wildman–Crippen MR) is 63.3 cm³/mol. The Kier molecular flexibility index (Phi) is 3.25. The van der Waals surface area contributed by atoms with Crippen LogP contribution in [0.1, 0.15) is 37.9 Å². The summed E-state index contributed by atoms with van der Waals surface area (Å²) in [5.74, 6) is 0.154. The van der Waals surface area contributed by atoms with E-state index in [4.69, 9.17) is 0 Å². The van der Waals surface area contributed by atoms with Gasteiger partial charge in [0, 0.05) is 24.2 Å². The molecule has 16 heavy (non-hydrogen) atoms. The van der Waals surface area contributed by atoms with Crippen molar-refractivity contribution in [3.05, 3.63) is 29.8 Å². The first-order valence-electron chi connectivity index (χ1n) is 5.81. The fourth-order valence-electron chi connectivity index (χ4n) is 2.15. The molecule has 1 unspecified atom stereocenters. The maximum atomic E-state index is 11.9. The maximum absolute atomic E-state index is 11.9. The van der Waals surface area contributed by atoms with Crippen LogP contribution in [0.3, 0.4) is 0 Å². The van der Waals surface area contributed by atoms with Crippen molar-refractivity contribution in [3.63, 3.8) is 0 Å². The van der Waals surface area contributed by atoms with Gasteiger partial charge in [-0.3, -0.25) is 4.79 Å². The van der Waals surface area contributed by atoms with Crippen LogP contribution in [0.4, 0.5) is 5.69 Å². The highest BCUT2D eigenvalue weighted by Gasteiger charge is 2.26. The molecule has 0 spiro atoms. The van der Waals surface area contributed by atoms with Gasteiger partial charge in [0.15, 0.2) is 0 Å². The third-order valence-electron chi connectivity index (χ3n) is 2.98. The van der Waals surface area contributed by atoms with E-state index in [2.05, 4.69) is 0 Å². The molecule has 1 aliphatic rings. The third-order valence-corrected chi connectivity index (χ3v) is 2.98. The number of hydrogen-bond acceptors (Lipinski definition) is 2. The van der Waals surface area contributed by atoms with E-state index >= 15 is 0 Å². The molecule has 0 saturated heterocycles. The third kappa shape index (κ3) is 1.95. The lowest BCUT2D eigenvalue weighted by Gasteiger charge is -2.32. The predicted octanol–water partition coefficient (Wildman–Crippen LogP) is 2.26. The lowest BCUT2D eigenvalue weighted by Crippen LogP contribution is -2.36. The Hall–Kier alpha value is -1.35. The van der Waals surface area contributed by atoms with Crippen LogP contribution in [0.25, 0.3) is 0 Å². The molecule has 1 aromatic carbocycles. The van der Waals surface area contributed by atoms with Gasteiger partial charge in [0.05, 0.1) is 6.10 Å². The summed E-state index contributed by atoms with van der Waals surface area (Å²) in [6, 6.07) is 7.61. The topological polar surface area (TPSA) is 40.5 Å². The number of amides is 1. The van der Waals surface area contributed by atoms with E-state index < -0.39 is 6.10 Å². The van der Waals surface area contributed by atoms with E-state index in [0.717, 1.165) is 17.7 Å². The van der Waals surface area contributed by atoms with Gasteiger partial charge in [-0.2, -0.15) is 0 Å². The number of benzene rings is 1. The van der Waals surface area contributed by atoms with Gasteiger partial charge < -0.3 is 10.0 Å². The summed E-state index contributed by atoms with van der Waals surface area (Å²) in [5.41, 5.74) is 1.75. The van der Waals surface area contributed by atoms with Gasteiger partial charge in [-0.1, -0.05) is 25.1 Å². The molecule has 3 nitrogen and oxygen atoms in total. The van der Waals surface area contributed by atoms with Gasteiger partial charge in [0.2, 0.25) is 5.91 Å². The van der Waals surface area contributed by atoms with E-state index in [0.29, 0.717) is 19.4 Å². The first kappa shape index (κ1) is 11.1. The Balaban J connectivity index is 2.31. The van der Waals surface area contributed by atoms with Crippen LogP contribution in [-0.4, -0.2) is 17.6 Å². The Labute approximate surface area is 95.7 Å². The molecule has 1 N–H and O–H groups in total. The van der Waals surface area contributed by atoms with Crippen molar-refractivity contribution in [1.82, 2.24) is 0 Å². The molecule has 86 valence electrons. The average molecular weight is 219 g/mol. The second-order valence-electron chi connectivity index (χ2n) is 4.16. The molecule has 0 bridgehead atoms. The highest BCUT2D eigenvalue weighted by atomic mass is 16.3. The molecular formula is C13H17NO2. The van der Waals surface area contributed by atoms with Crippen molar-refractivity contribution in [1.29, 1.82) is 0 Å². The Bertz CT molecular complexity index is 389. The quantitative estimate of drug-likeness (QED) is 0.828. The standard InChI is InChI=1S/C13H17NO2/c1-2-5-13(16)14-9-8-12(15)10-6-3-4-7-11(10)14/h3-4,6-7,12,15H,2,5,8-9H2,1H3. The van der Waals surface area contributed by atoms with Crippen molar-refractivity contribution in [3.8, 4) is 0 Å². The Morgan fingerprint density at radius 1 is 1.50 bits per heavy atom. The van der Waals surface area contributed by atoms with E-state index in [1.54, 1.807) is 4.90 Å². The molecule has 1 amide bonds. The van der Waals surface area contributed by atoms with Crippen LogP contribution in [0.15, 0.2) is 24.3 Å². The average Bonchev–Trinajstić information content (AvgIpc) is 2.30. The van der Waals surface area contributed by atoms with Crippen LogP contribution in [0, 0.1) is 0 Å². The van der Waals surface area contributed by atoms with Crippen LogP contribution in [0.5, 0.6) is 0 Å². The number of carbonyl (C=O) groups excluding carboxylic acids is 1. The molecule has 3 heteroatoms. The lowest BCUT2D eigenvalue weighted by atomic mass is 9.98. The number of aliphatic hydroxyl groups is 1. The fourth-order valence-corrected chi connectivity index (χ4v) is 2.15. The van der Waals surface area contributed by atoms with Crippen LogP contribution in [-0.2, 0) is 4.79 Å². The molecule has 0 aliphatic carbocycles. The normalized spacial score (nSPS) is 19.4. The molecule has 0 radical (unpaired) electrons. The number of rotatable bonds is 2. The first-order valence-corrected chi connectivity index (χ1v) is 5.81. The van der Waals surface area contributed by atoms with E-state index in [-0.39, 0.29) is 5.91 Å². The molecule has 0 fully saturated rings. The number of aliphatic hydroxyl groups excluding tert-OH is 1. The minimum absolute atomic E-state index is 0.154. The Morgan fingerprint density at radius 2 is 2.25 bits per heavy atom. The first-order chi connectivity index (χ1) is 7.74. The zero-order valence-corrected chi connectivity index (χ0v) is 9.52. The molecule has 1 heterocycles.